The van der Waals surface area contributed by atoms with Gasteiger partial charge in [-0.15, -0.1) is 0 Å². The molecule has 0 bridgehead atoms. The minimum atomic E-state index is -4.40. The molecule has 0 aliphatic rings. The first-order chi connectivity index (χ1) is 37.0. The Hall–Kier alpha value is -3.59. The van der Waals surface area contributed by atoms with Crippen LogP contribution < -0.4 is 0 Å². The van der Waals surface area contributed by atoms with Crippen molar-refractivity contribution in [1.29, 1.82) is 0 Å². The number of rotatable bonds is 54. The van der Waals surface area contributed by atoms with Gasteiger partial charge in [-0.05, 0) is 96.3 Å². The Kier molecular flexibility index (Phi) is 53.5. The summed E-state index contributed by atoms with van der Waals surface area (Å²) in [6, 6.07) is 0. The highest BCUT2D eigenvalue weighted by Crippen LogP contribution is 2.43. The fraction of sp³-hybridized carbons (Fsp3) is 0.667. The van der Waals surface area contributed by atoms with Crippen LogP contribution in [0.5, 0.6) is 0 Å². The van der Waals surface area contributed by atoms with Crippen molar-refractivity contribution >= 4 is 19.8 Å². The predicted octanol–water partition coefficient (Wildman–Crippen LogP) is 19.1. The lowest BCUT2D eigenvalue weighted by atomic mass is 10.0. The molecule has 0 rings (SSSR count). The smallest absolute Gasteiger partial charge is 0.462 e. The van der Waals surface area contributed by atoms with E-state index in [4.69, 9.17) is 18.5 Å². The average molecular weight is 1080 g/mol. The molecular weight excluding hydrogens is 966 g/mol. The SMILES string of the molecule is CC/C=C\C/C=C\C/C=C\C/C=C\C/C=C\CCCCCCCCCCCCCCCCCCCCCC(=O)OC(COC(=O)CCC/C=C\C/C=C\C/C=C\C/C=C\C/C=C\CC)COP(=O)(O)OCC[N+](C)(C)C. The second-order valence-electron chi connectivity index (χ2n) is 21.0. The third kappa shape index (κ3) is 59.7. The van der Waals surface area contributed by atoms with Crippen LogP contribution in [0, 0.1) is 0 Å². The van der Waals surface area contributed by atoms with E-state index < -0.39 is 32.5 Å². The first kappa shape index (κ1) is 72.4. The molecule has 0 radical (unpaired) electrons. The Bertz CT molecular complexity index is 1700. The first-order valence-electron chi connectivity index (χ1n) is 30.3. The molecule has 2 atom stereocenters. The quantitative estimate of drug-likeness (QED) is 0.0211. The maximum absolute atomic E-state index is 12.8. The molecule has 0 aromatic heterocycles. The van der Waals surface area contributed by atoms with Gasteiger partial charge < -0.3 is 18.9 Å². The summed E-state index contributed by atoms with van der Waals surface area (Å²) in [4.78, 5) is 35.6. The van der Waals surface area contributed by atoms with Crippen LogP contribution >= 0.6 is 7.82 Å². The summed E-state index contributed by atoms with van der Waals surface area (Å²) >= 11 is 0. The minimum Gasteiger partial charge on any atom is -0.462 e. The zero-order valence-corrected chi connectivity index (χ0v) is 50.1. The number of likely N-dealkylation sites (N-methyl/N-ethyl adjacent to an activating group) is 1. The Morgan fingerprint density at radius 3 is 1.09 bits per heavy atom. The van der Waals surface area contributed by atoms with Gasteiger partial charge in [0.25, 0.3) is 0 Å². The minimum absolute atomic E-state index is 0.0183. The van der Waals surface area contributed by atoms with E-state index in [0.29, 0.717) is 23.9 Å². The zero-order chi connectivity index (χ0) is 55.6. The van der Waals surface area contributed by atoms with Gasteiger partial charge in [0.1, 0.15) is 19.8 Å². The van der Waals surface area contributed by atoms with E-state index in [2.05, 4.69) is 135 Å². The van der Waals surface area contributed by atoms with Gasteiger partial charge in [-0.2, -0.15) is 0 Å². The van der Waals surface area contributed by atoms with Gasteiger partial charge in [0.2, 0.25) is 0 Å². The molecule has 0 fully saturated rings. The number of phosphoric ester groups is 1. The van der Waals surface area contributed by atoms with Gasteiger partial charge in [-0.1, -0.05) is 245 Å². The van der Waals surface area contributed by atoms with Gasteiger partial charge in [0.15, 0.2) is 6.10 Å². The van der Waals surface area contributed by atoms with Crippen molar-refractivity contribution < 1.29 is 42.1 Å². The average Bonchev–Trinajstić information content (AvgIpc) is 3.38. The lowest BCUT2D eigenvalue weighted by Crippen LogP contribution is -2.37. The molecule has 2 unspecified atom stereocenters. The Morgan fingerprint density at radius 1 is 0.408 bits per heavy atom. The number of ether oxygens (including phenoxy) is 2. The summed E-state index contributed by atoms with van der Waals surface area (Å²) in [5.41, 5.74) is 0. The number of unbranched alkanes of at least 4 members (excludes halogenated alkanes) is 20. The second-order valence-corrected chi connectivity index (χ2v) is 22.4. The number of nitrogens with zero attached hydrogens (tertiary/aromatic N) is 1. The number of carbonyl (C=O) groups excluding carboxylic acids is 2. The number of carbonyl (C=O) groups is 2. The predicted molar refractivity (Wildman–Crippen MR) is 325 cm³/mol. The van der Waals surface area contributed by atoms with Crippen molar-refractivity contribution in [2.75, 3.05) is 47.5 Å². The zero-order valence-electron chi connectivity index (χ0n) is 49.2. The molecule has 0 aliphatic carbocycles. The third-order valence-electron chi connectivity index (χ3n) is 12.5. The third-order valence-corrected chi connectivity index (χ3v) is 13.5. The van der Waals surface area contributed by atoms with Crippen LogP contribution in [0.25, 0.3) is 0 Å². The first-order valence-corrected chi connectivity index (χ1v) is 31.8. The van der Waals surface area contributed by atoms with Crippen molar-refractivity contribution in [3.63, 3.8) is 0 Å². The second kappa shape index (κ2) is 56.1. The van der Waals surface area contributed by atoms with Crippen LogP contribution in [0.2, 0.25) is 0 Å². The lowest BCUT2D eigenvalue weighted by molar-refractivity contribution is -0.870. The Balaban J connectivity index is 4.09. The molecule has 434 valence electrons. The molecule has 0 saturated heterocycles. The van der Waals surface area contributed by atoms with Gasteiger partial charge >= 0.3 is 19.8 Å². The summed E-state index contributed by atoms with van der Waals surface area (Å²) in [7, 11) is 1.44. The molecule has 0 aromatic rings. The molecule has 0 heterocycles. The largest absolute Gasteiger partial charge is 0.472 e. The normalized spacial score (nSPS) is 14.1. The number of quaternary nitrogens is 1. The van der Waals surface area contributed by atoms with Crippen LogP contribution in [0.4, 0.5) is 0 Å². The number of esters is 2. The molecule has 76 heavy (non-hydrogen) atoms. The number of hydrogen-bond acceptors (Lipinski definition) is 7. The fourth-order valence-corrected chi connectivity index (χ4v) is 8.64. The number of hydrogen-bond donors (Lipinski definition) is 1. The van der Waals surface area contributed by atoms with Gasteiger partial charge in [-0.25, -0.2) is 4.57 Å². The summed E-state index contributed by atoms with van der Waals surface area (Å²) in [6.45, 7) is 4.14. The van der Waals surface area contributed by atoms with Gasteiger partial charge in [-0.3, -0.25) is 18.6 Å². The van der Waals surface area contributed by atoms with Crippen molar-refractivity contribution in [2.24, 2.45) is 0 Å². The molecule has 0 aromatic carbocycles. The van der Waals surface area contributed by atoms with Crippen LogP contribution in [-0.2, 0) is 32.7 Å². The molecular formula is C66H113NO8P+. The molecule has 0 aliphatic heterocycles. The van der Waals surface area contributed by atoms with Gasteiger partial charge in [0, 0.05) is 12.8 Å². The Labute approximate surface area is 467 Å². The van der Waals surface area contributed by atoms with Crippen LogP contribution in [0.3, 0.4) is 0 Å². The van der Waals surface area contributed by atoms with E-state index >= 15 is 0 Å². The number of allylic oxidation sites excluding steroid dienone is 20. The van der Waals surface area contributed by atoms with E-state index in [1.165, 1.54) is 103 Å². The van der Waals surface area contributed by atoms with E-state index in [-0.39, 0.29) is 26.1 Å². The van der Waals surface area contributed by atoms with Crippen molar-refractivity contribution in [1.82, 2.24) is 0 Å². The van der Waals surface area contributed by atoms with Crippen molar-refractivity contribution in [2.45, 2.75) is 238 Å². The van der Waals surface area contributed by atoms with Crippen LogP contribution in [0.15, 0.2) is 122 Å². The van der Waals surface area contributed by atoms with E-state index in [1.807, 2.05) is 21.1 Å². The maximum atomic E-state index is 12.8. The van der Waals surface area contributed by atoms with E-state index in [0.717, 1.165) is 89.9 Å². The molecule has 0 saturated carbocycles. The van der Waals surface area contributed by atoms with Crippen LogP contribution in [0.1, 0.15) is 232 Å². The van der Waals surface area contributed by atoms with Gasteiger partial charge in [0.05, 0.1) is 27.7 Å². The summed E-state index contributed by atoms with van der Waals surface area (Å²) in [5, 5.41) is 0. The number of phosphoric acid groups is 1. The van der Waals surface area contributed by atoms with E-state index in [1.54, 1.807) is 0 Å². The monoisotopic (exact) mass is 1080 g/mol. The summed E-state index contributed by atoms with van der Waals surface area (Å²) in [6.07, 6.45) is 80.1. The molecule has 9 nitrogen and oxygen atoms in total. The van der Waals surface area contributed by atoms with E-state index in [9.17, 15) is 19.0 Å². The van der Waals surface area contributed by atoms with Crippen molar-refractivity contribution in [3.05, 3.63) is 122 Å². The highest BCUT2D eigenvalue weighted by molar-refractivity contribution is 7.47. The molecule has 0 spiro atoms. The topological polar surface area (TPSA) is 108 Å². The highest BCUT2D eigenvalue weighted by Gasteiger charge is 2.27. The molecule has 0 amide bonds. The summed E-state index contributed by atoms with van der Waals surface area (Å²) < 4.78 is 34.5. The van der Waals surface area contributed by atoms with Crippen molar-refractivity contribution in [3.8, 4) is 0 Å². The molecule has 1 N–H and O–H groups in total. The highest BCUT2D eigenvalue weighted by atomic mass is 31.2. The standard InChI is InChI=1S/C66H112NO8P/c1-6-8-10-12-14-16-18-20-22-24-25-26-27-28-29-30-31-32-33-34-35-36-37-38-39-40-41-43-45-47-49-51-53-55-57-59-66(69)75-64(63-74-76(70,71)73-61-60-67(3,4)5)62-72-65(68)58-56-54-52-50-48-46-44-42-23-21-19-17-15-13-11-9-7-2/h8-11,14-17,20-23,25-26,28-29,44,46,50,52,64H,6-7,12-13,18-19,24,27,30-43,45,47-49,51,53-63H2,1-5H3/p+1/b10-8-,11-9-,16-14-,17-15-,22-20-,23-21-,26-25-,29-28-,46-44-,52-50-. The Morgan fingerprint density at radius 2 is 0.724 bits per heavy atom. The fourth-order valence-electron chi connectivity index (χ4n) is 7.90. The summed E-state index contributed by atoms with van der Waals surface area (Å²) in [5.74, 6) is -0.868. The molecule has 10 heteroatoms. The van der Waals surface area contributed by atoms with Crippen LogP contribution in [-0.4, -0.2) is 74.9 Å². The maximum Gasteiger partial charge on any atom is 0.472 e. The lowest BCUT2D eigenvalue weighted by Gasteiger charge is -2.24.